The molecule has 0 bridgehead atoms. The smallest absolute Gasteiger partial charge is 0.149 e. The van der Waals surface area contributed by atoms with Crippen LogP contribution in [0, 0.1) is 0 Å². The average molecular weight is 307 g/mol. The molecule has 0 saturated heterocycles. The van der Waals surface area contributed by atoms with Gasteiger partial charge in [-0.2, -0.15) is 0 Å². The van der Waals surface area contributed by atoms with Crippen LogP contribution in [-0.4, -0.2) is 26.5 Å². The van der Waals surface area contributed by atoms with Gasteiger partial charge >= 0.3 is 0 Å². The summed E-state index contributed by atoms with van der Waals surface area (Å²) in [5.41, 5.74) is 7.11. The fourth-order valence-corrected chi connectivity index (χ4v) is 2.77. The highest BCUT2D eigenvalue weighted by Crippen LogP contribution is 2.23. The van der Waals surface area contributed by atoms with Gasteiger partial charge in [-0.25, -0.2) is 8.42 Å². The summed E-state index contributed by atoms with van der Waals surface area (Å²) in [4.78, 5) is 0. The minimum Gasteiger partial charge on any atom is -0.397 e. The van der Waals surface area contributed by atoms with E-state index < -0.39 is 9.84 Å². The predicted octanol–water partition coefficient (Wildman–Crippen LogP) is 1.88. The van der Waals surface area contributed by atoms with Crippen molar-refractivity contribution < 1.29 is 8.42 Å². The van der Waals surface area contributed by atoms with E-state index in [-0.39, 0.29) is 11.8 Å². The van der Waals surface area contributed by atoms with E-state index >= 15 is 0 Å². The Hall–Kier alpha value is -0.750. The van der Waals surface area contributed by atoms with Crippen molar-refractivity contribution in [1.29, 1.82) is 0 Å². The Kier molecular flexibility index (Phi) is 4.21. The Morgan fingerprint density at radius 1 is 1.50 bits per heavy atom. The summed E-state index contributed by atoms with van der Waals surface area (Å²) in [6.07, 6.45) is 1.22. The fraction of sp³-hybridized carbons (Fsp3) is 0.400. The SMILES string of the molecule is CC(CS(C)(=O)=O)Nc1cc(Br)ccc1N. The molecule has 0 aliphatic heterocycles. The van der Waals surface area contributed by atoms with Gasteiger partial charge in [0.05, 0.1) is 17.1 Å². The number of nitrogens with one attached hydrogen (secondary N) is 1. The number of halogens is 1. The first-order chi connectivity index (χ1) is 7.28. The number of sulfone groups is 1. The molecule has 16 heavy (non-hydrogen) atoms. The van der Waals surface area contributed by atoms with Crippen molar-refractivity contribution in [2.75, 3.05) is 23.1 Å². The van der Waals surface area contributed by atoms with E-state index in [2.05, 4.69) is 21.2 Å². The summed E-state index contributed by atoms with van der Waals surface area (Å²) in [7, 11) is -2.98. The van der Waals surface area contributed by atoms with Gasteiger partial charge in [-0.1, -0.05) is 15.9 Å². The van der Waals surface area contributed by atoms with Crippen LogP contribution in [0.3, 0.4) is 0 Å². The maximum Gasteiger partial charge on any atom is 0.149 e. The Labute approximate surface area is 104 Å². The first-order valence-corrected chi connectivity index (χ1v) is 7.62. The lowest BCUT2D eigenvalue weighted by Gasteiger charge is -2.16. The molecule has 0 fully saturated rings. The van der Waals surface area contributed by atoms with E-state index in [1.54, 1.807) is 13.0 Å². The molecule has 0 aliphatic rings. The Balaban J connectivity index is 2.77. The van der Waals surface area contributed by atoms with Crippen LogP contribution in [0.15, 0.2) is 22.7 Å². The quantitative estimate of drug-likeness (QED) is 0.833. The van der Waals surface area contributed by atoms with Crippen molar-refractivity contribution in [2.45, 2.75) is 13.0 Å². The number of anilines is 2. The van der Waals surface area contributed by atoms with Crippen molar-refractivity contribution >= 4 is 37.1 Å². The first-order valence-electron chi connectivity index (χ1n) is 4.77. The number of rotatable bonds is 4. The third kappa shape index (κ3) is 4.40. The van der Waals surface area contributed by atoms with E-state index in [0.29, 0.717) is 5.69 Å². The van der Waals surface area contributed by atoms with Crippen molar-refractivity contribution in [3.05, 3.63) is 22.7 Å². The summed E-state index contributed by atoms with van der Waals surface area (Å²) in [5, 5.41) is 3.07. The lowest BCUT2D eigenvalue weighted by atomic mass is 10.2. The second kappa shape index (κ2) is 5.05. The summed E-state index contributed by atoms with van der Waals surface area (Å²) in [6.45, 7) is 1.81. The largest absolute Gasteiger partial charge is 0.397 e. The zero-order chi connectivity index (χ0) is 12.3. The Bertz CT molecular complexity index is 474. The minimum absolute atomic E-state index is 0.0823. The van der Waals surface area contributed by atoms with Crippen LogP contribution in [0.1, 0.15) is 6.92 Å². The van der Waals surface area contributed by atoms with Gasteiger partial charge in [0.25, 0.3) is 0 Å². The highest BCUT2D eigenvalue weighted by atomic mass is 79.9. The number of benzene rings is 1. The van der Waals surface area contributed by atoms with Crippen LogP contribution in [0.25, 0.3) is 0 Å². The molecule has 1 rings (SSSR count). The van der Waals surface area contributed by atoms with Gasteiger partial charge in [0.2, 0.25) is 0 Å². The summed E-state index contributed by atoms with van der Waals surface area (Å²) >= 11 is 3.33. The van der Waals surface area contributed by atoms with Gasteiger partial charge in [-0.15, -0.1) is 0 Å². The van der Waals surface area contributed by atoms with E-state index in [9.17, 15) is 8.42 Å². The molecule has 0 saturated carbocycles. The first kappa shape index (κ1) is 13.3. The van der Waals surface area contributed by atoms with E-state index in [1.807, 2.05) is 12.1 Å². The van der Waals surface area contributed by atoms with Gasteiger partial charge < -0.3 is 11.1 Å². The molecule has 1 unspecified atom stereocenters. The van der Waals surface area contributed by atoms with Crippen LogP contribution in [0.2, 0.25) is 0 Å². The molecule has 0 heterocycles. The van der Waals surface area contributed by atoms with E-state index in [1.165, 1.54) is 6.26 Å². The third-order valence-corrected chi connectivity index (χ3v) is 3.57. The molecular weight excluding hydrogens is 292 g/mol. The van der Waals surface area contributed by atoms with Crippen molar-refractivity contribution in [2.24, 2.45) is 0 Å². The summed E-state index contributed by atoms with van der Waals surface area (Å²) in [5.74, 6) is 0.0823. The van der Waals surface area contributed by atoms with Gasteiger partial charge in [-0.05, 0) is 25.1 Å². The fourth-order valence-electron chi connectivity index (χ4n) is 1.41. The maximum absolute atomic E-state index is 11.1. The monoisotopic (exact) mass is 306 g/mol. The normalized spacial score (nSPS) is 13.4. The number of hydrogen-bond acceptors (Lipinski definition) is 4. The molecule has 1 aromatic rings. The molecule has 6 heteroatoms. The number of hydrogen-bond donors (Lipinski definition) is 2. The number of nitrogen functional groups attached to an aromatic ring is 1. The molecule has 1 aromatic carbocycles. The topological polar surface area (TPSA) is 72.2 Å². The maximum atomic E-state index is 11.1. The van der Waals surface area contributed by atoms with Gasteiger partial charge in [0.15, 0.2) is 0 Å². The van der Waals surface area contributed by atoms with E-state index in [0.717, 1.165) is 10.2 Å². The van der Waals surface area contributed by atoms with Crippen LogP contribution < -0.4 is 11.1 Å². The average Bonchev–Trinajstić information content (AvgIpc) is 2.08. The van der Waals surface area contributed by atoms with Gasteiger partial charge in [-0.3, -0.25) is 0 Å². The molecule has 1 atom stereocenters. The molecule has 90 valence electrons. The highest BCUT2D eigenvalue weighted by Gasteiger charge is 2.11. The van der Waals surface area contributed by atoms with Crippen LogP contribution in [-0.2, 0) is 9.84 Å². The zero-order valence-electron chi connectivity index (χ0n) is 9.20. The molecule has 0 amide bonds. The zero-order valence-corrected chi connectivity index (χ0v) is 11.6. The van der Waals surface area contributed by atoms with Crippen molar-refractivity contribution in [3.63, 3.8) is 0 Å². The van der Waals surface area contributed by atoms with Gasteiger partial charge in [0.1, 0.15) is 9.84 Å². The second-order valence-electron chi connectivity index (χ2n) is 3.87. The third-order valence-electron chi connectivity index (χ3n) is 1.97. The summed E-state index contributed by atoms with van der Waals surface area (Å²) < 4.78 is 23.1. The van der Waals surface area contributed by atoms with Crippen molar-refractivity contribution in [1.82, 2.24) is 0 Å². The second-order valence-corrected chi connectivity index (χ2v) is 6.97. The molecule has 0 radical (unpaired) electrons. The molecule has 0 spiro atoms. The lowest BCUT2D eigenvalue weighted by molar-refractivity contribution is 0.598. The molecular formula is C10H15BrN2O2S. The standard InChI is InChI=1S/C10H15BrN2O2S/c1-7(6-16(2,14)15)13-10-5-8(11)3-4-9(10)12/h3-5,7,13H,6,12H2,1-2H3. The van der Waals surface area contributed by atoms with Crippen LogP contribution in [0.4, 0.5) is 11.4 Å². The Morgan fingerprint density at radius 2 is 2.12 bits per heavy atom. The van der Waals surface area contributed by atoms with Crippen LogP contribution >= 0.6 is 15.9 Å². The molecule has 0 aromatic heterocycles. The molecule has 3 N–H and O–H groups in total. The van der Waals surface area contributed by atoms with Gasteiger partial charge in [0, 0.05) is 16.8 Å². The van der Waals surface area contributed by atoms with Crippen LogP contribution in [0.5, 0.6) is 0 Å². The predicted molar refractivity (Wildman–Crippen MR) is 71.3 cm³/mol. The highest BCUT2D eigenvalue weighted by molar-refractivity contribution is 9.10. The van der Waals surface area contributed by atoms with E-state index in [4.69, 9.17) is 5.73 Å². The Morgan fingerprint density at radius 3 is 2.69 bits per heavy atom. The molecule has 0 aliphatic carbocycles. The lowest BCUT2D eigenvalue weighted by Crippen LogP contribution is -2.25. The summed E-state index contributed by atoms with van der Waals surface area (Å²) in [6, 6.07) is 5.25. The minimum atomic E-state index is -2.98. The number of nitrogens with two attached hydrogens (primary N) is 1. The van der Waals surface area contributed by atoms with Crippen molar-refractivity contribution in [3.8, 4) is 0 Å². The molecule has 4 nitrogen and oxygen atoms in total.